The van der Waals surface area contributed by atoms with E-state index >= 15 is 0 Å². The molecule has 54 heavy (non-hydrogen) atoms. The van der Waals surface area contributed by atoms with Crippen molar-refractivity contribution in [3.8, 4) is 11.1 Å². The van der Waals surface area contributed by atoms with Crippen molar-refractivity contribution in [3.05, 3.63) is 149 Å². The molecule has 2 aliphatic rings. The largest absolute Gasteiger partial charge is 1.00 e. The number of hydrogen-bond donors (Lipinski definition) is 0. The van der Waals surface area contributed by atoms with Crippen LogP contribution in [-0.2, 0) is 32.1 Å². The van der Waals surface area contributed by atoms with Crippen molar-refractivity contribution in [2.24, 2.45) is 11.3 Å². The van der Waals surface area contributed by atoms with Gasteiger partial charge in [-0.1, -0.05) is 0 Å². The summed E-state index contributed by atoms with van der Waals surface area (Å²) in [7, 11) is 0. The summed E-state index contributed by atoms with van der Waals surface area (Å²) < 4.78 is 3.82. The van der Waals surface area contributed by atoms with E-state index in [4.69, 9.17) is 0 Å². The molecule has 0 bridgehead atoms. The molecule has 4 aromatic carbocycles. The molecule has 0 N–H and O–H groups in total. The Bertz CT molecular complexity index is 1970. The van der Waals surface area contributed by atoms with E-state index in [0.29, 0.717) is 9.54 Å². The van der Waals surface area contributed by atoms with E-state index < -0.39 is 21.3 Å². The summed E-state index contributed by atoms with van der Waals surface area (Å²) in [6, 6.07) is 29.7. The zero-order valence-electron chi connectivity index (χ0n) is 35.6. The Kier molecular flexibility index (Phi) is 13.7. The molecular weight excluding hydrogens is 775 g/mol. The van der Waals surface area contributed by atoms with Gasteiger partial charge in [-0.2, -0.15) is 0 Å². The van der Waals surface area contributed by atoms with Gasteiger partial charge in [0.1, 0.15) is 0 Å². The van der Waals surface area contributed by atoms with Crippen LogP contribution in [0.1, 0.15) is 148 Å². The van der Waals surface area contributed by atoms with Crippen LogP contribution in [0.15, 0.2) is 93.8 Å². The van der Waals surface area contributed by atoms with Gasteiger partial charge in [0.25, 0.3) is 0 Å². The fraction of sp³-hybridized carbons (Fsp3) is 0.431. The first kappa shape index (κ1) is 44.4. The molecule has 4 aromatic rings. The zero-order chi connectivity index (χ0) is 37.9. The minimum atomic E-state index is -2.97. The molecule has 1 unspecified atom stereocenters. The number of halogens is 2. The monoisotopic (exact) mass is 836 g/mol. The second kappa shape index (κ2) is 16.7. The first-order valence-electron chi connectivity index (χ1n) is 19.9. The molecule has 2 aliphatic carbocycles. The Labute approximate surface area is 349 Å². The third-order valence-corrected chi connectivity index (χ3v) is 20.2. The van der Waals surface area contributed by atoms with Gasteiger partial charge in [0, 0.05) is 0 Å². The van der Waals surface area contributed by atoms with Gasteiger partial charge in [0.15, 0.2) is 0 Å². The number of hydrogen-bond acceptors (Lipinski definition) is 0. The van der Waals surface area contributed by atoms with Crippen LogP contribution in [0.4, 0.5) is 0 Å². The van der Waals surface area contributed by atoms with Crippen LogP contribution < -0.4 is 24.8 Å². The van der Waals surface area contributed by atoms with Crippen LogP contribution in [0.3, 0.4) is 0 Å². The van der Waals surface area contributed by atoms with Crippen molar-refractivity contribution < 1.29 is 46.1 Å². The normalized spacial score (nSPS) is 15.3. The summed E-state index contributed by atoms with van der Waals surface area (Å²) in [6.07, 6.45) is 9.16. The second-order valence-electron chi connectivity index (χ2n) is 19.2. The number of allylic oxidation sites excluding steroid dienone is 4. The summed E-state index contributed by atoms with van der Waals surface area (Å²) in [5.74, 6) is 0.492. The maximum absolute atomic E-state index is 2.97. The Balaban J connectivity index is 0.00000325. The van der Waals surface area contributed by atoms with Crippen LogP contribution in [0.25, 0.3) is 11.1 Å². The minimum absolute atomic E-state index is 0. The van der Waals surface area contributed by atoms with E-state index in [9.17, 15) is 0 Å². The molecule has 0 radical (unpaired) electrons. The summed E-state index contributed by atoms with van der Waals surface area (Å²) in [6.45, 7) is 33.1. The summed E-state index contributed by atoms with van der Waals surface area (Å²) >= 11 is -2.97. The topological polar surface area (TPSA) is 0 Å². The standard InChI is InChI=1S/C23H29.C15H14.C13H21.2ClH.Zr/c1-14-9-16-11-17-10-15(2)21(23(6,7)8)13-19(17)18(16)12-20(14)22(3,4)5;1-12-3-7-14(8-4-12)11-15-9-5-13(2)6-10-15;1-5-6-7-11-8-9-12(10-11)13(2,3)4;;;/h9-13H,1-8H3;3-10H,1-2H3;9-11H,5-7H2,1-4H3;2*1H;/q;;;;;+2/p-2. The Morgan fingerprint density at radius 1 is 0.593 bits per heavy atom. The van der Waals surface area contributed by atoms with Gasteiger partial charge < -0.3 is 24.8 Å². The van der Waals surface area contributed by atoms with E-state index in [1.54, 1.807) is 17.6 Å². The van der Waals surface area contributed by atoms with E-state index in [-0.39, 0.29) is 41.1 Å². The van der Waals surface area contributed by atoms with Crippen molar-refractivity contribution in [2.45, 2.75) is 131 Å². The summed E-state index contributed by atoms with van der Waals surface area (Å²) in [5, 5.41) is 0. The van der Waals surface area contributed by atoms with Gasteiger partial charge in [0.05, 0.1) is 0 Å². The first-order chi connectivity index (χ1) is 24.3. The van der Waals surface area contributed by atoms with Gasteiger partial charge >= 0.3 is 327 Å². The first-order valence-corrected chi connectivity index (χ1v) is 23.8. The second-order valence-corrected chi connectivity index (χ2v) is 25.3. The molecule has 0 fully saturated rings. The number of fused-ring (bicyclic) bond motifs is 3. The third-order valence-electron chi connectivity index (χ3n) is 11.7. The van der Waals surface area contributed by atoms with E-state index in [0.717, 1.165) is 0 Å². The number of unbranched alkanes of at least 4 members (excludes halogenated alkanes) is 1. The van der Waals surface area contributed by atoms with E-state index in [1.807, 2.05) is 0 Å². The molecule has 0 amide bonds. The molecular formula is C51H64Cl2Zr. The maximum Gasteiger partial charge on any atom is -1.00 e. The predicted octanol–water partition coefficient (Wildman–Crippen LogP) is 8.16. The van der Waals surface area contributed by atoms with Gasteiger partial charge in [-0.3, -0.25) is 0 Å². The zero-order valence-corrected chi connectivity index (χ0v) is 39.6. The van der Waals surface area contributed by atoms with Gasteiger partial charge in [-0.25, -0.2) is 0 Å². The van der Waals surface area contributed by atoms with Crippen LogP contribution in [-0.4, -0.2) is 3.21 Å². The Morgan fingerprint density at radius 2 is 1.02 bits per heavy atom. The smallest absolute Gasteiger partial charge is 1.00 e. The molecule has 286 valence electrons. The molecule has 0 saturated heterocycles. The van der Waals surface area contributed by atoms with Crippen LogP contribution >= 0.6 is 0 Å². The molecule has 0 saturated carbocycles. The minimum Gasteiger partial charge on any atom is -1.00 e. The molecule has 1 atom stereocenters. The molecule has 0 aromatic heterocycles. The average Bonchev–Trinajstić information content (AvgIpc) is 3.61. The van der Waals surface area contributed by atoms with Crippen molar-refractivity contribution >= 4 is 3.21 Å². The van der Waals surface area contributed by atoms with Gasteiger partial charge in [0.2, 0.25) is 0 Å². The Morgan fingerprint density at radius 3 is 1.39 bits per heavy atom. The van der Waals surface area contributed by atoms with Gasteiger partial charge in [-0.15, -0.1) is 0 Å². The molecule has 3 heteroatoms. The van der Waals surface area contributed by atoms with Crippen LogP contribution in [0.5, 0.6) is 0 Å². The SMILES string of the molecule is CCCCC1C=C(C(C)(C)C)C=[C]1[Zr+2](=[C](c1ccc(C)cc1)c1ccc(C)cc1)[CH]1c2cc(C)c(C(C)(C)C)cc2-c2cc(C(C)(C)C)c(C)cc21.[Cl-].[Cl-]. The fourth-order valence-electron chi connectivity index (χ4n) is 8.91. The average molecular weight is 839 g/mol. The van der Waals surface area contributed by atoms with Crippen molar-refractivity contribution in [2.75, 3.05) is 0 Å². The van der Waals surface area contributed by atoms with Crippen LogP contribution in [0, 0.1) is 39.0 Å². The maximum atomic E-state index is 2.74. The summed E-state index contributed by atoms with van der Waals surface area (Å²) in [5.41, 5.74) is 19.2. The van der Waals surface area contributed by atoms with E-state index in [2.05, 4.69) is 182 Å². The fourth-order valence-corrected chi connectivity index (χ4v) is 18.5. The number of aryl methyl sites for hydroxylation is 4. The van der Waals surface area contributed by atoms with Crippen molar-refractivity contribution in [1.29, 1.82) is 0 Å². The Hall–Kier alpha value is -2.31. The van der Waals surface area contributed by atoms with Crippen molar-refractivity contribution in [1.82, 2.24) is 0 Å². The third kappa shape index (κ3) is 8.80. The molecule has 0 nitrogen and oxygen atoms in total. The molecule has 0 spiro atoms. The molecule has 0 heterocycles. The van der Waals surface area contributed by atoms with E-state index in [1.165, 1.54) is 80.5 Å². The molecule has 0 aliphatic heterocycles. The van der Waals surface area contributed by atoms with Crippen molar-refractivity contribution in [3.63, 3.8) is 0 Å². The number of benzene rings is 4. The predicted molar refractivity (Wildman–Crippen MR) is 225 cm³/mol. The quantitative estimate of drug-likeness (QED) is 0.177. The van der Waals surface area contributed by atoms with Gasteiger partial charge in [-0.05, 0) is 0 Å². The number of rotatable bonds is 7. The summed E-state index contributed by atoms with van der Waals surface area (Å²) in [4.78, 5) is 0. The van der Waals surface area contributed by atoms with Crippen LogP contribution in [0.2, 0.25) is 0 Å². The molecule has 6 rings (SSSR count).